The van der Waals surface area contributed by atoms with E-state index in [0.29, 0.717) is 10.9 Å². The van der Waals surface area contributed by atoms with Crippen LogP contribution in [0.25, 0.3) is 22.0 Å². The van der Waals surface area contributed by atoms with Crippen molar-refractivity contribution in [2.45, 2.75) is 11.3 Å². The highest BCUT2D eigenvalue weighted by atomic mass is 32.2. The molecule has 2 aromatic carbocycles. The molecule has 0 aliphatic rings. The van der Waals surface area contributed by atoms with Gasteiger partial charge in [0.05, 0.1) is 5.69 Å². The Morgan fingerprint density at radius 1 is 0.958 bits per heavy atom. The third-order valence-electron chi connectivity index (χ3n) is 3.39. The monoisotopic (exact) mass is 352 g/mol. The fourth-order valence-electron chi connectivity index (χ4n) is 2.32. The maximum atomic E-state index is 13.1. The first kappa shape index (κ1) is 16.4. The van der Waals surface area contributed by atoms with Crippen LogP contribution in [0.1, 0.15) is 5.69 Å². The molecule has 0 unspecified atom stereocenters. The van der Waals surface area contributed by atoms with Gasteiger partial charge in [0.15, 0.2) is 0 Å². The van der Waals surface area contributed by atoms with E-state index in [1.807, 2.05) is 12.1 Å². The SMILES string of the molecule is CS(=O)(=O)c1nc(-c2cccc3ccccc23)cc(C(F)(F)F)n1. The van der Waals surface area contributed by atoms with Gasteiger partial charge >= 0.3 is 6.18 Å². The van der Waals surface area contributed by atoms with Gasteiger partial charge in [-0.15, -0.1) is 0 Å². The molecule has 0 bridgehead atoms. The first-order chi connectivity index (χ1) is 11.2. The Bertz CT molecular complexity index is 1030. The van der Waals surface area contributed by atoms with Gasteiger partial charge in [0, 0.05) is 11.8 Å². The predicted octanol–water partition coefficient (Wildman–Crippen LogP) is 3.72. The van der Waals surface area contributed by atoms with Crippen LogP contribution in [-0.2, 0) is 16.0 Å². The molecule has 4 nitrogen and oxygen atoms in total. The maximum absolute atomic E-state index is 13.1. The normalized spacial score (nSPS) is 12.5. The molecule has 8 heteroatoms. The molecule has 3 rings (SSSR count). The van der Waals surface area contributed by atoms with Gasteiger partial charge in [-0.3, -0.25) is 0 Å². The zero-order valence-corrected chi connectivity index (χ0v) is 13.2. The summed E-state index contributed by atoms with van der Waals surface area (Å²) in [5.74, 6) is 0. The second-order valence-corrected chi connectivity index (χ2v) is 7.13. The van der Waals surface area contributed by atoms with Gasteiger partial charge in [-0.05, 0) is 16.8 Å². The van der Waals surface area contributed by atoms with Gasteiger partial charge in [-0.2, -0.15) is 13.2 Å². The van der Waals surface area contributed by atoms with E-state index in [1.165, 1.54) is 0 Å². The Morgan fingerprint density at radius 3 is 2.29 bits per heavy atom. The first-order valence-electron chi connectivity index (χ1n) is 6.81. The van der Waals surface area contributed by atoms with Crippen LogP contribution in [0.3, 0.4) is 0 Å². The Kier molecular flexibility index (Phi) is 3.79. The van der Waals surface area contributed by atoms with Gasteiger partial charge < -0.3 is 0 Å². The number of aromatic nitrogens is 2. The molecule has 0 amide bonds. The number of halogens is 3. The summed E-state index contributed by atoms with van der Waals surface area (Å²) >= 11 is 0. The lowest BCUT2D eigenvalue weighted by molar-refractivity contribution is -0.141. The number of hydrogen-bond donors (Lipinski definition) is 0. The van der Waals surface area contributed by atoms with Gasteiger partial charge in [0.25, 0.3) is 0 Å². The zero-order chi connectivity index (χ0) is 17.5. The number of fused-ring (bicyclic) bond motifs is 1. The molecule has 3 aromatic rings. The average molecular weight is 352 g/mol. The summed E-state index contributed by atoms with van der Waals surface area (Å²) < 4.78 is 62.6. The Labute approximate surface area is 135 Å². The van der Waals surface area contributed by atoms with Gasteiger partial charge in [0.1, 0.15) is 5.69 Å². The van der Waals surface area contributed by atoms with E-state index in [0.717, 1.165) is 17.7 Å². The summed E-state index contributed by atoms with van der Waals surface area (Å²) in [6.45, 7) is 0. The summed E-state index contributed by atoms with van der Waals surface area (Å²) in [5.41, 5.74) is -0.971. The molecular formula is C16H11F3N2O2S. The number of alkyl halides is 3. The van der Waals surface area contributed by atoms with Crippen LogP contribution in [-0.4, -0.2) is 24.6 Å². The third kappa shape index (κ3) is 3.09. The molecule has 1 aromatic heterocycles. The summed E-state index contributed by atoms with van der Waals surface area (Å²) in [4.78, 5) is 7.00. The van der Waals surface area contributed by atoms with E-state index in [-0.39, 0.29) is 5.69 Å². The van der Waals surface area contributed by atoms with E-state index in [2.05, 4.69) is 9.97 Å². The van der Waals surface area contributed by atoms with Crippen molar-refractivity contribution >= 4 is 20.6 Å². The molecule has 0 aliphatic carbocycles. The molecule has 0 N–H and O–H groups in total. The standard InChI is InChI=1S/C16H11F3N2O2S/c1-24(22,23)15-20-13(9-14(21-15)16(17,18)19)12-8-4-6-10-5-2-3-7-11(10)12/h2-9H,1H3. The molecule has 1 heterocycles. The molecule has 0 radical (unpaired) electrons. The minimum absolute atomic E-state index is 0.0884. The second kappa shape index (κ2) is 5.55. The van der Waals surface area contributed by atoms with E-state index in [9.17, 15) is 21.6 Å². The van der Waals surface area contributed by atoms with Crippen molar-refractivity contribution in [2.75, 3.05) is 6.26 Å². The lowest BCUT2D eigenvalue weighted by Crippen LogP contribution is -2.14. The predicted molar refractivity (Wildman–Crippen MR) is 83.1 cm³/mol. The molecule has 0 atom stereocenters. The van der Waals surface area contributed by atoms with E-state index >= 15 is 0 Å². The summed E-state index contributed by atoms with van der Waals surface area (Å²) in [7, 11) is -3.99. The fourth-order valence-corrected chi connectivity index (χ4v) is 2.85. The number of hydrogen-bond acceptors (Lipinski definition) is 4. The molecular weight excluding hydrogens is 341 g/mol. The fraction of sp³-hybridized carbons (Fsp3) is 0.125. The molecule has 0 fully saturated rings. The minimum atomic E-state index is -4.78. The molecule has 124 valence electrons. The van der Waals surface area contributed by atoms with Gasteiger partial charge in [0.2, 0.25) is 15.0 Å². The second-order valence-electron chi connectivity index (χ2n) is 5.22. The molecule has 0 saturated carbocycles. The molecule has 24 heavy (non-hydrogen) atoms. The van der Waals surface area contributed by atoms with Crippen molar-refractivity contribution in [3.8, 4) is 11.3 Å². The largest absolute Gasteiger partial charge is 0.433 e. The molecule has 0 aliphatic heterocycles. The van der Waals surface area contributed by atoms with Crippen LogP contribution in [0.5, 0.6) is 0 Å². The van der Waals surface area contributed by atoms with Crippen LogP contribution in [0.15, 0.2) is 53.7 Å². The number of benzene rings is 2. The van der Waals surface area contributed by atoms with Crippen LogP contribution < -0.4 is 0 Å². The minimum Gasteiger partial charge on any atom is -0.221 e. The quantitative estimate of drug-likeness (QED) is 0.660. The smallest absolute Gasteiger partial charge is 0.221 e. The molecule has 0 spiro atoms. The summed E-state index contributed by atoms with van der Waals surface area (Å²) in [5, 5.41) is 0.634. The number of nitrogens with zero attached hydrogens (tertiary/aromatic N) is 2. The van der Waals surface area contributed by atoms with E-state index < -0.39 is 26.9 Å². The Balaban J connectivity index is 2.35. The van der Waals surface area contributed by atoms with Crippen molar-refractivity contribution in [1.29, 1.82) is 0 Å². The average Bonchev–Trinajstić information content (AvgIpc) is 2.52. The van der Waals surface area contributed by atoms with Crippen molar-refractivity contribution in [2.24, 2.45) is 0 Å². The van der Waals surface area contributed by atoms with E-state index in [4.69, 9.17) is 0 Å². The first-order valence-corrected chi connectivity index (χ1v) is 8.70. The van der Waals surface area contributed by atoms with E-state index in [1.54, 1.807) is 30.3 Å². The highest BCUT2D eigenvalue weighted by Crippen LogP contribution is 2.33. The number of rotatable bonds is 2. The zero-order valence-electron chi connectivity index (χ0n) is 12.4. The van der Waals surface area contributed by atoms with Crippen molar-refractivity contribution in [3.63, 3.8) is 0 Å². The Morgan fingerprint density at radius 2 is 1.62 bits per heavy atom. The van der Waals surface area contributed by atoms with Crippen molar-refractivity contribution < 1.29 is 21.6 Å². The van der Waals surface area contributed by atoms with Crippen molar-refractivity contribution in [1.82, 2.24) is 9.97 Å². The highest BCUT2D eigenvalue weighted by molar-refractivity contribution is 7.90. The van der Waals surface area contributed by atoms with Gasteiger partial charge in [-0.1, -0.05) is 42.5 Å². The van der Waals surface area contributed by atoms with Crippen molar-refractivity contribution in [3.05, 3.63) is 54.2 Å². The van der Waals surface area contributed by atoms with Crippen LogP contribution in [0, 0.1) is 0 Å². The summed E-state index contributed by atoms with van der Waals surface area (Å²) in [6.07, 6.45) is -4.00. The van der Waals surface area contributed by atoms with Gasteiger partial charge in [-0.25, -0.2) is 18.4 Å². The summed E-state index contributed by atoms with van der Waals surface area (Å²) in [6, 6.07) is 12.9. The van der Waals surface area contributed by atoms with Crippen LogP contribution >= 0.6 is 0 Å². The number of sulfone groups is 1. The Hall–Kier alpha value is -2.48. The topological polar surface area (TPSA) is 59.9 Å². The maximum Gasteiger partial charge on any atom is 0.433 e. The van der Waals surface area contributed by atoms with Crippen LogP contribution in [0.2, 0.25) is 0 Å². The van der Waals surface area contributed by atoms with Crippen LogP contribution in [0.4, 0.5) is 13.2 Å². The highest BCUT2D eigenvalue weighted by Gasteiger charge is 2.35. The lowest BCUT2D eigenvalue weighted by atomic mass is 10.0. The molecule has 0 saturated heterocycles. The lowest BCUT2D eigenvalue weighted by Gasteiger charge is -2.11. The third-order valence-corrected chi connectivity index (χ3v) is 4.24.